The van der Waals surface area contributed by atoms with Crippen LogP contribution in [-0.2, 0) is 21.2 Å². The van der Waals surface area contributed by atoms with E-state index in [9.17, 15) is 13.2 Å². The molecule has 1 aromatic carbocycles. The van der Waals surface area contributed by atoms with Crippen LogP contribution in [0.15, 0.2) is 36.9 Å². The fourth-order valence-electron chi connectivity index (χ4n) is 1.46. The lowest BCUT2D eigenvalue weighted by atomic mass is 10.1. The summed E-state index contributed by atoms with van der Waals surface area (Å²) in [5.74, 6) is 0. The van der Waals surface area contributed by atoms with E-state index in [1.165, 1.54) is 0 Å². The standard InChI is InChI=1S/C12H12N2O3S/c1-2-11(18(16,17)12(15)8-14)10-5-3-9(7-13)4-6-10/h2-6,11H,1,7,13H2. The van der Waals surface area contributed by atoms with Crippen molar-refractivity contribution in [2.24, 2.45) is 5.73 Å². The van der Waals surface area contributed by atoms with E-state index in [-0.39, 0.29) is 0 Å². The van der Waals surface area contributed by atoms with Gasteiger partial charge in [-0.25, -0.2) is 8.42 Å². The van der Waals surface area contributed by atoms with Crippen LogP contribution in [0.3, 0.4) is 0 Å². The Hall–Kier alpha value is -1.97. The van der Waals surface area contributed by atoms with Crippen LogP contribution < -0.4 is 5.73 Å². The molecule has 1 rings (SSSR count). The first-order valence-electron chi connectivity index (χ1n) is 5.06. The van der Waals surface area contributed by atoms with Crippen LogP contribution in [0.4, 0.5) is 0 Å². The number of nitrogens with zero attached hydrogens (tertiary/aromatic N) is 1. The van der Waals surface area contributed by atoms with Crippen LogP contribution in [-0.4, -0.2) is 13.5 Å². The van der Waals surface area contributed by atoms with Gasteiger partial charge in [0.15, 0.2) is 6.07 Å². The van der Waals surface area contributed by atoms with Gasteiger partial charge in [-0.1, -0.05) is 30.3 Å². The molecule has 0 bridgehead atoms. The molecule has 0 saturated heterocycles. The lowest BCUT2D eigenvalue weighted by Gasteiger charge is -2.11. The van der Waals surface area contributed by atoms with Crippen molar-refractivity contribution in [3.05, 3.63) is 48.0 Å². The highest BCUT2D eigenvalue weighted by molar-refractivity contribution is 8.07. The predicted octanol–water partition coefficient (Wildman–Crippen LogP) is 0.837. The molecule has 0 aromatic heterocycles. The van der Waals surface area contributed by atoms with Gasteiger partial charge in [-0.15, -0.1) is 6.58 Å². The molecule has 0 heterocycles. The van der Waals surface area contributed by atoms with Gasteiger partial charge < -0.3 is 5.73 Å². The Labute approximate surface area is 105 Å². The zero-order valence-electron chi connectivity index (χ0n) is 9.54. The molecule has 0 spiro atoms. The summed E-state index contributed by atoms with van der Waals surface area (Å²) in [6.07, 6.45) is 1.13. The second-order valence-electron chi connectivity index (χ2n) is 3.55. The molecule has 0 amide bonds. The molecule has 0 saturated carbocycles. The molecule has 6 heteroatoms. The van der Waals surface area contributed by atoms with Gasteiger partial charge in [-0.3, -0.25) is 4.79 Å². The van der Waals surface area contributed by atoms with E-state index in [0.29, 0.717) is 12.1 Å². The average Bonchev–Trinajstić information content (AvgIpc) is 2.39. The van der Waals surface area contributed by atoms with Gasteiger partial charge >= 0.3 is 5.12 Å². The molecular formula is C12H12N2O3S. The number of carbonyl (C=O) groups excluding carboxylic acids is 1. The third-order valence-electron chi connectivity index (χ3n) is 2.44. The predicted molar refractivity (Wildman–Crippen MR) is 66.8 cm³/mol. The van der Waals surface area contributed by atoms with Gasteiger partial charge in [0.1, 0.15) is 5.25 Å². The molecule has 2 N–H and O–H groups in total. The largest absolute Gasteiger partial charge is 0.346 e. The molecule has 0 aliphatic heterocycles. The highest BCUT2D eigenvalue weighted by Crippen LogP contribution is 2.25. The molecule has 1 unspecified atom stereocenters. The lowest BCUT2D eigenvalue weighted by molar-refractivity contribution is -0.107. The van der Waals surface area contributed by atoms with Gasteiger partial charge in [0.05, 0.1) is 0 Å². The second kappa shape index (κ2) is 5.58. The number of hydrogen-bond acceptors (Lipinski definition) is 5. The van der Waals surface area contributed by atoms with Crippen molar-refractivity contribution < 1.29 is 13.2 Å². The van der Waals surface area contributed by atoms with Crippen LogP contribution >= 0.6 is 0 Å². The van der Waals surface area contributed by atoms with Crippen LogP contribution in [0.5, 0.6) is 0 Å². The Kier molecular flexibility index (Phi) is 4.37. The van der Waals surface area contributed by atoms with Crippen molar-refractivity contribution in [1.29, 1.82) is 5.26 Å². The van der Waals surface area contributed by atoms with E-state index in [4.69, 9.17) is 11.0 Å². The zero-order valence-corrected chi connectivity index (χ0v) is 10.4. The minimum absolute atomic E-state index is 0.336. The van der Waals surface area contributed by atoms with Gasteiger partial charge in [-0.2, -0.15) is 5.26 Å². The summed E-state index contributed by atoms with van der Waals surface area (Å²) >= 11 is 0. The van der Waals surface area contributed by atoms with Crippen molar-refractivity contribution in [2.45, 2.75) is 11.8 Å². The maximum absolute atomic E-state index is 11.8. The Balaban J connectivity index is 3.22. The number of rotatable bonds is 4. The first-order valence-corrected chi connectivity index (χ1v) is 6.61. The molecule has 1 atom stereocenters. The fourth-order valence-corrected chi connectivity index (χ4v) is 2.59. The van der Waals surface area contributed by atoms with Gasteiger partial charge in [0.2, 0.25) is 9.84 Å². The van der Waals surface area contributed by atoms with Crippen molar-refractivity contribution in [3.63, 3.8) is 0 Å². The summed E-state index contributed by atoms with van der Waals surface area (Å²) in [6, 6.07) is 7.55. The lowest BCUT2D eigenvalue weighted by Crippen LogP contribution is -2.19. The summed E-state index contributed by atoms with van der Waals surface area (Å²) in [7, 11) is -4.22. The Bertz CT molecular complexity index is 597. The third-order valence-corrected chi connectivity index (χ3v) is 4.18. The van der Waals surface area contributed by atoms with E-state index in [1.54, 1.807) is 24.3 Å². The summed E-state index contributed by atoms with van der Waals surface area (Å²) in [5, 5.41) is 5.74. The molecule has 18 heavy (non-hydrogen) atoms. The van der Waals surface area contributed by atoms with Crippen molar-refractivity contribution in [2.75, 3.05) is 0 Å². The first kappa shape index (κ1) is 14.1. The van der Waals surface area contributed by atoms with Crippen LogP contribution in [0.1, 0.15) is 16.4 Å². The van der Waals surface area contributed by atoms with E-state index >= 15 is 0 Å². The van der Waals surface area contributed by atoms with E-state index < -0.39 is 20.2 Å². The highest BCUT2D eigenvalue weighted by Gasteiger charge is 2.31. The van der Waals surface area contributed by atoms with Crippen molar-refractivity contribution in [1.82, 2.24) is 0 Å². The number of nitrogens with two attached hydrogens (primary N) is 1. The number of sulfone groups is 1. The van der Waals surface area contributed by atoms with Gasteiger partial charge in [0, 0.05) is 6.54 Å². The minimum Gasteiger partial charge on any atom is -0.326 e. The molecule has 0 radical (unpaired) electrons. The van der Waals surface area contributed by atoms with Gasteiger partial charge in [0.25, 0.3) is 0 Å². The molecular weight excluding hydrogens is 252 g/mol. The second-order valence-corrected chi connectivity index (χ2v) is 5.51. The minimum atomic E-state index is -4.22. The van der Waals surface area contributed by atoms with Crippen molar-refractivity contribution in [3.8, 4) is 6.07 Å². The van der Waals surface area contributed by atoms with Crippen LogP contribution in [0.25, 0.3) is 0 Å². The zero-order chi connectivity index (χ0) is 13.8. The summed E-state index contributed by atoms with van der Waals surface area (Å²) in [5.41, 5.74) is 6.65. The number of hydrogen-bond donors (Lipinski definition) is 1. The molecule has 5 nitrogen and oxygen atoms in total. The van der Waals surface area contributed by atoms with Crippen LogP contribution in [0, 0.1) is 11.3 Å². The number of nitriles is 1. The quantitative estimate of drug-likeness (QED) is 0.641. The summed E-state index contributed by atoms with van der Waals surface area (Å²) < 4.78 is 23.6. The molecule has 0 aliphatic carbocycles. The molecule has 94 valence electrons. The maximum Gasteiger partial charge on any atom is 0.346 e. The maximum atomic E-state index is 11.8. The Morgan fingerprint density at radius 1 is 1.44 bits per heavy atom. The Morgan fingerprint density at radius 2 is 2.00 bits per heavy atom. The fraction of sp³-hybridized carbons (Fsp3) is 0.167. The molecule has 1 aromatic rings. The average molecular weight is 264 g/mol. The van der Waals surface area contributed by atoms with E-state index in [1.807, 2.05) is 0 Å². The third kappa shape index (κ3) is 2.64. The molecule has 0 aliphatic rings. The topological polar surface area (TPSA) is 101 Å². The molecule has 0 fully saturated rings. The normalized spacial score (nSPS) is 12.4. The summed E-state index contributed by atoms with van der Waals surface area (Å²) in [6.45, 7) is 3.73. The summed E-state index contributed by atoms with van der Waals surface area (Å²) in [4.78, 5) is 11.1. The van der Waals surface area contributed by atoms with Crippen LogP contribution in [0.2, 0.25) is 0 Å². The highest BCUT2D eigenvalue weighted by atomic mass is 32.2. The Morgan fingerprint density at radius 3 is 2.39 bits per heavy atom. The number of carbonyl (C=O) groups is 1. The first-order chi connectivity index (χ1) is 8.47. The van der Waals surface area contributed by atoms with Crippen molar-refractivity contribution >= 4 is 15.0 Å². The smallest absolute Gasteiger partial charge is 0.326 e. The van der Waals surface area contributed by atoms with E-state index in [2.05, 4.69) is 6.58 Å². The van der Waals surface area contributed by atoms with E-state index in [0.717, 1.165) is 17.7 Å². The SMILES string of the molecule is C=CC(c1ccc(CN)cc1)S(=O)(=O)C(=O)C#N. The van der Waals surface area contributed by atoms with Gasteiger partial charge in [-0.05, 0) is 11.1 Å². The number of benzene rings is 1. The monoisotopic (exact) mass is 264 g/mol.